The van der Waals surface area contributed by atoms with Crippen LogP contribution in [0.3, 0.4) is 0 Å². The molecule has 1 aliphatic heterocycles. The van der Waals surface area contributed by atoms with Crippen molar-refractivity contribution in [2.24, 2.45) is 11.3 Å². The maximum absolute atomic E-state index is 6.17. The number of hydrogen-bond donors (Lipinski definition) is 1. The van der Waals surface area contributed by atoms with E-state index >= 15 is 0 Å². The third-order valence-corrected chi connectivity index (χ3v) is 6.54. The summed E-state index contributed by atoms with van der Waals surface area (Å²) in [6, 6.07) is 8.98. The number of nitrogens with zero attached hydrogens (tertiary/aromatic N) is 1. The van der Waals surface area contributed by atoms with Crippen LogP contribution in [0.25, 0.3) is 0 Å². The van der Waals surface area contributed by atoms with Crippen molar-refractivity contribution in [3.05, 3.63) is 29.8 Å². The molecule has 2 N–H and O–H groups in total. The van der Waals surface area contributed by atoms with E-state index in [4.69, 9.17) is 4.74 Å². The highest BCUT2D eigenvalue weighted by Crippen LogP contribution is 2.46. The SMILES string of the molecule is CC[C@]1(C)C[C@](CC[NH2+]Cc2ccc(N(C)C)cc2)(CCC(C)C)CCO1. The third-order valence-electron chi connectivity index (χ3n) is 6.54. The van der Waals surface area contributed by atoms with Gasteiger partial charge in [0.05, 0.1) is 12.1 Å². The summed E-state index contributed by atoms with van der Waals surface area (Å²) in [5.74, 6) is 0.789. The van der Waals surface area contributed by atoms with Crippen molar-refractivity contribution >= 4 is 5.69 Å². The topological polar surface area (TPSA) is 29.1 Å². The molecule has 1 fully saturated rings. The number of quaternary nitrogens is 1. The first-order valence-corrected chi connectivity index (χ1v) is 11.0. The fourth-order valence-electron chi connectivity index (χ4n) is 4.43. The highest BCUT2D eigenvalue weighted by Gasteiger charge is 2.42. The maximum Gasteiger partial charge on any atom is 0.101 e. The van der Waals surface area contributed by atoms with Crippen molar-refractivity contribution < 1.29 is 10.1 Å². The molecule has 1 aliphatic rings. The molecule has 0 radical (unpaired) electrons. The van der Waals surface area contributed by atoms with Gasteiger partial charge < -0.3 is 15.0 Å². The van der Waals surface area contributed by atoms with Gasteiger partial charge in [0.15, 0.2) is 0 Å². The Balaban J connectivity index is 1.89. The monoisotopic (exact) mass is 375 g/mol. The van der Waals surface area contributed by atoms with E-state index in [0.717, 1.165) is 25.5 Å². The molecule has 154 valence electrons. The van der Waals surface area contributed by atoms with Crippen LogP contribution >= 0.6 is 0 Å². The number of benzene rings is 1. The molecule has 1 aromatic carbocycles. The minimum atomic E-state index is 0.0806. The second kappa shape index (κ2) is 9.93. The minimum absolute atomic E-state index is 0.0806. The van der Waals surface area contributed by atoms with E-state index in [0.29, 0.717) is 5.41 Å². The predicted octanol–water partition coefficient (Wildman–Crippen LogP) is 4.61. The first-order valence-electron chi connectivity index (χ1n) is 11.0. The molecule has 3 nitrogen and oxygen atoms in total. The molecule has 0 amide bonds. The van der Waals surface area contributed by atoms with Crippen molar-refractivity contribution in [2.45, 2.75) is 78.4 Å². The summed E-state index contributed by atoms with van der Waals surface area (Å²) in [4.78, 5) is 2.15. The zero-order valence-corrected chi connectivity index (χ0v) is 18.7. The van der Waals surface area contributed by atoms with E-state index < -0.39 is 0 Å². The Morgan fingerprint density at radius 1 is 1.15 bits per heavy atom. The molecule has 3 heteroatoms. The van der Waals surface area contributed by atoms with E-state index in [1.165, 1.54) is 49.9 Å². The van der Waals surface area contributed by atoms with Crippen LogP contribution in [0.4, 0.5) is 5.69 Å². The van der Waals surface area contributed by atoms with Crippen molar-refractivity contribution in [1.82, 2.24) is 0 Å². The number of rotatable bonds is 10. The van der Waals surface area contributed by atoms with Crippen molar-refractivity contribution in [2.75, 3.05) is 32.1 Å². The van der Waals surface area contributed by atoms with Crippen LogP contribution < -0.4 is 10.2 Å². The zero-order valence-electron chi connectivity index (χ0n) is 18.7. The summed E-state index contributed by atoms with van der Waals surface area (Å²) in [5, 5.41) is 2.50. The fourth-order valence-corrected chi connectivity index (χ4v) is 4.43. The van der Waals surface area contributed by atoms with Crippen LogP contribution in [-0.2, 0) is 11.3 Å². The second-order valence-corrected chi connectivity index (χ2v) is 9.60. The van der Waals surface area contributed by atoms with Gasteiger partial charge in [-0.15, -0.1) is 0 Å². The van der Waals surface area contributed by atoms with Crippen LogP contribution in [0.5, 0.6) is 0 Å². The Hall–Kier alpha value is -1.06. The molecule has 0 aliphatic carbocycles. The molecule has 0 unspecified atom stereocenters. The molecule has 0 bridgehead atoms. The average Bonchev–Trinajstić information content (AvgIpc) is 2.64. The van der Waals surface area contributed by atoms with Gasteiger partial charge in [-0.1, -0.05) is 39.3 Å². The zero-order chi connectivity index (χ0) is 19.9. The number of anilines is 1. The number of ether oxygens (including phenoxy) is 1. The minimum Gasteiger partial charge on any atom is -0.378 e. The van der Waals surface area contributed by atoms with E-state index in [2.05, 4.69) is 76.3 Å². The summed E-state index contributed by atoms with van der Waals surface area (Å²) in [6.45, 7) is 12.6. The molecule has 0 spiro atoms. The molecule has 2 rings (SSSR count). The first kappa shape index (κ1) is 22.2. The Kier molecular flexibility index (Phi) is 8.18. The van der Waals surface area contributed by atoms with E-state index in [1.807, 2.05) is 0 Å². The quantitative estimate of drug-likeness (QED) is 0.605. The Labute approximate surface area is 167 Å². The summed E-state index contributed by atoms with van der Waals surface area (Å²) < 4.78 is 6.17. The van der Waals surface area contributed by atoms with Gasteiger partial charge in [-0.3, -0.25) is 0 Å². The van der Waals surface area contributed by atoms with Crippen LogP contribution in [0, 0.1) is 11.3 Å². The van der Waals surface area contributed by atoms with Crippen LogP contribution in [-0.4, -0.2) is 32.8 Å². The van der Waals surface area contributed by atoms with Crippen LogP contribution in [0.2, 0.25) is 0 Å². The summed E-state index contributed by atoms with van der Waals surface area (Å²) in [5.41, 5.74) is 3.24. The Morgan fingerprint density at radius 3 is 2.44 bits per heavy atom. The normalized spacial score (nSPS) is 25.7. The molecule has 0 saturated carbocycles. The van der Waals surface area contributed by atoms with Crippen molar-refractivity contribution in [1.29, 1.82) is 0 Å². The predicted molar refractivity (Wildman–Crippen MR) is 116 cm³/mol. The van der Waals surface area contributed by atoms with Crippen LogP contribution in [0.1, 0.15) is 71.8 Å². The summed E-state index contributed by atoms with van der Waals surface area (Å²) >= 11 is 0. The molecule has 1 aromatic rings. The molecule has 2 atom stereocenters. The van der Waals surface area contributed by atoms with Gasteiger partial charge in [-0.2, -0.15) is 0 Å². The lowest BCUT2D eigenvalue weighted by molar-refractivity contribution is -0.672. The van der Waals surface area contributed by atoms with Crippen molar-refractivity contribution in [3.63, 3.8) is 0 Å². The van der Waals surface area contributed by atoms with E-state index in [9.17, 15) is 0 Å². The fraction of sp³-hybridized carbons (Fsp3) is 0.750. The van der Waals surface area contributed by atoms with Crippen molar-refractivity contribution in [3.8, 4) is 0 Å². The maximum atomic E-state index is 6.17. The van der Waals surface area contributed by atoms with Crippen LogP contribution in [0.15, 0.2) is 24.3 Å². The molecular formula is C24H43N2O+. The van der Waals surface area contributed by atoms with Gasteiger partial charge in [0, 0.05) is 38.4 Å². The average molecular weight is 376 g/mol. The third kappa shape index (κ3) is 6.80. The van der Waals surface area contributed by atoms with E-state index in [1.54, 1.807) is 0 Å². The summed E-state index contributed by atoms with van der Waals surface area (Å²) in [6.07, 6.45) is 7.60. The molecule has 27 heavy (non-hydrogen) atoms. The summed E-state index contributed by atoms with van der Waals surface area (Å²) in [7, 11) is 4.19. The van der Waals surface area contributed by atoms with Gasteiger partial charge in [0.2, 0.25) is 0 Å². The Morgan fingerprint density at radius 2 is 1.85 bits per heavy atom. The van der Waals surface area contributed by atoms with Gasteiger partial charge in [-0.25, -0.2) is 0 Å². The highest BCUT2D eigenvalue weighted by molar-refractivity contribution is 5.45. The molecule has 1 saturated heterocycles. The molecular weight excluding hydrogens is 332 g/mol. The van der Waals surface area contributed by atoms with Gasteiger partial charge >= 0.3 is 0 Å². The second-order valence-electron chi connectivity index (χ2n) is 9.60. The lowest BCUT2D eigenvalue weighted by Gasteiger charge is -2.46. The smallest absolute Gasteiger partial charge is 0.101 e. The standard InChI is InChI=1S/C24H42N2O/c1-7-23(4)19-24(15-17-27-23,13-12-20(2)3)14-16-25-18-21-8-10-22(11-9-21)26(5)6/h8-11,20,25H,7,12-19H2,1-6H3/p+1/t23-,24+/m1/s1. The lowest BCUT2D eigenvalue weighted by Crippen LogP contribution is -2.83. The van der Waals surface area contributed by atoms with Gasteiger partial charge in [0.1, 0.15) is 6.54 Å². The van der Waals surface area contributed by atoms with Gasteiger partial charge in [-0.05, 0) is 56.1 Å². The molecule has 0 aromatic heterocycles. The Bertz CT molecular complexity index is 554. The number of nitrogens with two attached hydrogens (primary N) is 1. The largest absolute Gasteiger partial charge is 0.378 e. The highest BCUT2D eigenvalue weighted by atomic mass is 16.5. The lowest BCUT2D eigenvalue weighted by atomic mass is 9.67. The molecule has 1 heterocycles. The van der Waals surface area contributed by atoms with E-state index in [-0.39, 0.29) is 5.60 Å². The van der Waals surface area contributed by atoms with Gasteiger partial charge in [0.25, 0.3) is 0 Å². The number of hydrogen-bond acceptors (Lipinski definition) is 2. The first-order chi connectivity index (χ1) is 12.8.